The van der Waals surface area contributed by atoms with Gasteiger partial charge in [0, 0.05) is 25.3 Å². The third-order valence-corrected chi connectivity index (χ3v) is 5.51. The van der Waals surface area contributed by atoms with Gasteiger partial charge < -0.3 is 5.32 Å². The molecule has 0 amide bonds. The van der Waals surface area contributed by atoms with E-state index in [1.54, 1.807) is 15.2 Å². The molecule has 1 fully saturated rings. The molecule has 0 saturated heterocycles. The maximum Gasteiger partial charge on any atom is 0.246 e. The van der Waals surface area contributed by atoms with E-state index in [1.807, 2.05) is 6.92 Å². The molecule has 1 saturated carbocycles. The molecule has 1 aliphatic rings. The van der Waals surface area contributed by atoms with Crippen molar-refractivity contribution in [2.45, 2.75) is 57.0 Å². The zero-order valence-corrected chi connectivity index (χ0v) is 13.8. The number of aromatic nitrogens is 2. The van der Waals surface area contributed by atoms with E-state index in [9.17, 15) is 8.42 Å². The average molecular weight is 314 g/mol. The summed E-state index contributed by atoms with van der Waals surface area (Å²) in [4.78, 5) is 0.325. The Balaban J connectivity index is 2.01. The Hall–Kier alpha value is -0.920. The SMILES string of the molecule is CCCN(C1CC1)S(=O)(=O)c1cnn(CCCNCC)c1. The molecule has 0 aromatic carbocycles. The highest BCUT2D eigenvalue weighted by atomic mass is 32.2. The van der Waals surface area contributed by atoms with Crippen LogP contribution >= 0.6 is 0 Å². The number of hydrogen-bond donors (Lipinski definition) is 1. The molecule has 1 heterocycles. The van der Waals surface area contributed by atoms with Crippen LogP contribution in [0.25, 0.3) is 0 Å². The van der Waals surface area contributed by atoms with Gasteiger partial charge in [0.1, 0.15) is 4.90 Å². The van der Waals surface area contributed by atoms with Crippen molar-refractivity contribution in [1.82, 2.24) is 19.4 Å². The molecule has 0 radical (unpaired) electrons. The first kappa shape index (κ1) is 16.5. The van der Waals surface area contributed by atoms with Gasteiger partial charge in [-0.2, -0.15) is 9.40 Å². The van der Waals surface area contributed by atoms with Crippen molar-refractivity contribution in [3.05, 3.63) is 12.4 Å². The van der Waals surface area contributed by atoms with Crippen LogP contribution in [-0.4, -0.2) is 48.2 Å². The van der Waals surface area contributed by atoms with Gasteiger partial charge in [-0.15, -0.1) is 0 Å². The van der Waals surface area contributed by atoms with Crippen LogP contribution in [0.1, 0.15) is 39.5 Å². The van der Waals surface area contributed by atoms with Crippen LogP contribution in [0, 0.1) is 0 Å². The van der Waals surface area contributed by atoms with Gasteiger partial charge in [-0.1, -0.05) is 13.8 Å². The number of nitrogens with zero attached hydrogens (tertiary/aromatic N) is 3. The first-order valence-corrected chi connectivity index (χ1v) is 9.28. The second-order valence-electron chi connectivity index (χ2n) is 5.49. The molecule has 21 heavy (non-hydrogen) atoms. The van der Waals surface area contributed by atoms with Crippen LogP contribution in [-0.2, 0) is 16.6 Å². The van der Waals surface area contributed by atoms with Crippen molar-refractivity contribution in [3.63, 3.8) is 0 Å². The third kappa shape index (κ3) is 4.28. The van der Waals surface area contributed by atoms with Crippen LogP contribution in [0.2, 0.25) is 0 Å². The smallest absolute Gasteiger partial charge is 0.246 e. The van der Waals surface area contributed by atoms with E-state index in [2.05, 4.69) is 17.3 Å². The third-order valence-electron chi connectivity index (χ3n) is 3.61. The van der Waals surface area contributed by atoms with Gasteiger partial charge >= 0.3 is 0 Å². The van der Waals surface area contributed by atoms with E-state index in [1.165, 1.54) is 6.20 Å². The van der Waals surface area contributed by atoms with Crippen molar-refractivity contribution in [1.29, 1.82) is 0 Å². The highest BCUT2D eigenvalue weighted by Crippen LogP contribution is 2.31. The van der Waals surface area contributed by atoms with E-state index < -0.39 is 10.0 Å². The standard InChI is InChI=1S/C14H26N4O2S/c1-3-9-18(13-6-7-13)21(19,20)14-11-16-17(12-14)10-5-8-15-4-2/h11-13,15H,3-10H2,1-2H3. The Morgan fingerprint density at radius 2 is 2.19 bits per heavy atom. The topological polar surface area (TPSA) is 67.2 Å². The summed E-state index contributed by atoms with van der Waals surface area (Å²) < 4.78 is 28.7. The maximum absolute atomic E-state index is 12.7. The Kier molecular flexibility index (Phi) is 5.78. The molecule has 0 spiro atoms. The fraction of sp³-hybridized carbons (Fsp3) is 0.786. The summed E-state index contributed by atoms with van der Waals surface area (Å²) in [6.07, 6.45) is 6.88. The molecule has 0 atom stereocenters. The van der Waals surface area contributed by atoms with E-state index in [0.717, 1.165) is 45.3 Å². The van der Waals surface area contributed by atoms with Crippen LogP contribution < -0.4 is 5.32 Å². The summed E-state index contributed by atoms with van der Waals surface area (Å²) in [5.74, 6) is 0. The molecule has 7 heteroatoms. The Morgan fingerprint density at radius 1 is 1.43 bits per heavy atom. The quantitative estimate of drug-likeness (QED) is 0.664. The van der Waals surface area contributed by atoms with Crippen molar-refractivity contribution in [2.75, 3.05) is 19.6 Å². The highest BCUT2D eigenvalue weighted by Gasteiger charge is 2.37. The molecule has 1 aromatic rings. The van der Waals surface area contributed by atoms with E-state index in [-0.39, 0.29) is 6.04 Å². The minimum atomic E-state index is -3.38. The van der Waals surface area contributed by atoms with E-state index >= 15 is 0 Å². The average Bonchev–Trinajstić information content (AvgIpc) is 3.17. The lowest BCUT2D eigenvalue weighted by molar-refractivity contribution is 0.403. The van der Waals surface area contributed by atoms with Crippen LogP contribution in [0.5, 0.6) is 0 Å². The van der Waals surface area contributed by atoms with Crippen molar-refractivity contribution >= 4 is 10.0 Å². The monoisotopic (exact) mass is 314 g/mol. The normalized spacial score (nSPS) is 15.8. The lowest BCUT2D eigenvalue weighted by atomic mass is 10.4. The van der Waals surface area contributed by atoms with E-state index in [0.29, 0.717) is 11.4 Å². The summed E-state index contributed by atoms with van der Waals surface area (Å²) >= 11 is 0. The summed E-state index contributed by atoms with van der Waals surface area (Å²) in [5, 5.41) is 7.43. The largest absolute Gasteiger partial charge is 0.317 e. The van der Waals surface area contributed by atoms with Crippen LogP contribution in [0.3, 0.4) is 0 Å². The first-order valence-electron chi connectivity index (χ1n) is 7.84. The number of nitrogens with one attached hydrogen (secondary N) is 1. The Labute approximate surface area is 127 Å². The van der Waals surface area contributed by atoms with Gasteiger partial charge in [0.25, 0.3) is 0 Å². The lowest BCUT2D eigenvalue weighted by Gasteiger charge is -2.19. The fourth-order valence-electron chi connectivity index (χ4n) is 2.36. The molecule has 0 aliphatic heterocycles. The molecule has 1 aromatic heterocycles. The number of sulfonamides is 1. The van der Waals surface area contributed by atoms with Crippen molar-refractivity contribution < 1.29 is 8.42 Å². The van der Waals surface area contributed by atoms with Crippen molar-refractivity contribution in [2.24, 2.45) is 0 Å². The second-order valence-corrected chi connectivity index (χ2v) is 7.38. The van der Waals surface area contributed by atoms with Crippen molar-refractivity contribution in [3.8, 4) is 0 Å². The van der Waals surface area contributed by atoms with Gasteiger partial charge in [-0.25, -0.2) is 8.42 Å². The molecule has 0 bridgehead atoms. The molecular weight excluding hydrogens is 288 g/mol. The lowest BCUT2D eigenvalue weighted by Crippen LogP contribution is -2.33. The molecule has 1 aliphatic carbocycles. The number of hydrogen-bond acceptors (Lipinski definition) is 4. The van der Waals surface area contributed by atoms with Gasteiger partial charge in [0.15, 0.2) is 0 Å². The maximum atomic E-state index is 12.7. The molecule has 1 N–H and O–H groups in total. The van der Waals surface area contributed by atoms with E-state index in [4.69, 9.17) is 0 Å². The summed E-state index contributed by atoms with van der Waals surface area (Å²) in [7, 11) is -3.38. The minimum absolute atomic E-state index is 0.201. The minimum Gasteiger partial charge on any atom is -0.317 e. The summed E-state index contributed by atoms with van der Waals surface area (Å²) in [6, 6.07) is 0.201. The molecule has 6 nitrogen and oxygen atoms in total. The van der Waals surface area contributed by atoms with Gasteiger partial charge in [-0.3, -0.25) is 4.68 Å². The van der Waals surface area contributed by atoms with Crippen LogP contribution in [0.4, 0.5) is 0 Å². The molecule has 2 rings (SSSR count). The number of rotatable bonds is 10. The Bertz CT molecular complexity index is 537. The van der Waals surface area contributed by atoms with Gasteiger partial charge in [0.2, 0.25) is 10.0 Å². The first-order chi connectivity index (χ1) is 10.1. The second kappa shape index (κ2) is 7.38. The summed E-state index contributed by atoms with van der Waals surface area (Å²) in [5.41, 5.74) is 0. The Morgan fingerprint density at radius 3 is 2.81 bits per heavy atom. The zero-order chi connectivity index (χ0) is 15.3. The molecular formula is C14H26N4O2S. The van der Waals surface area contributed by atoms with Gasteiger partial charge in [-0.05, 0) is 38.8 Å². The van der Waals surface area contributed by atoms with Crippen LogP contribution in [0.15, 0.2) is 17.3 Å². The highest BCUT2D eigenvalue weighted by molar-refractivity contribution is 7.89. The summed E-state index contributed by atoms with van der Waals surface area (Å²) in [6.45, 7) is 7.28. The van der Waals surface area contributed by atoms with Gasteiger partial charge in [0.05, 0.1) is 6.20 Å². The predicted octanol–water partition coefficient (Wildman–Crippen LogP) is 1.45. The fourth-order valence-corrected chi connectivity index (χ4v) is 4.09. The number of aryl methyl sites for hydroxylation is 1. The predicted molar refractivity (Wildman–Crippen MR) is 82.6 cm³/mol. The molecule has 0 unspecified atom stereocenters. The molecule has 120 valence electrons. The zero-order valence-electron chi connectivity index (χ0n) is 13.0.